The number of nitrogens with zero attached hydrogens (tertiary/aromatic N) is 4. The van der Waals surface area contributed by atoms with Crippen LogP contribution in [0.1, 0.15) is 5.56 Å². The summed E-state index contributed by atoms with van der Waals surface area (Å²) in [6.07, 6.45) is 0. The molecule has 7 nitrogen and oxygen atoms in total. The second kappa shape index (κ2) is 7.31. The van der Waals surface area contributed by atoms with Crippen LogP contribution in [0.25, 0.3) is 11.4 Å². The molecule has 0 saturated heterocycles. The van der Waals surface area contributed by atoms with Crippen molar-refractivity contribution in [3.8, 4) is 11.4 Å². The minimum atomic E-state index is -0.184. The lowest BCUT2D eigenvalue weighted by Crippen LogP contribution is -2.21. The average Bonchev–Trinajstić information content (AvgIpc) is 3.02. The van der Waals surface area contributed by atoms with E-state index in [1.165, 1.54) is 0 Å². The van der Waals surface area contributed by atoms with Gasteiger partial charge in [-0.3, -0.25) is 4.79 Å². The first-order valence-corrected chi connectivity index (χ1v) is 8.03. The Bertz CT molecular complexity index is 908. The first-order valence-electron chi connectivity index (χ1n) is 7.65. The van der Waals surface area contributed by atoms with E-state index in [4.69, 9.17) is 11.6 Å². The molecular weight excluding hydrogens is 340 g/mol. The van der Waals surface area contributed by atoms with Crippen molar-refractivity contribution in [2.24, 2.45) is 7.05 Å². The first-order chi connectivity index (χ1) is 12.0. The van der Waals surface area contributed by atoms with Crippen LogP contribution in [-0.4, -0.2) is 32.7 Å². The summed E-state index contributed by atoms with van der Waals surface area (Å²) in [6.45, 7) is 2.06. The number of aryl methyl sites for hydroxylation is 2. The van der Waals surface area contributed by atoms with E-state index in [1.54, 1.807) is 17.8 Å². The Morgan fingerprint density at radius 3 is 2.80 bits per heavy atom. The standard InChI is InChI=1S/C17H17ClN6O/c1-11-6-7-15(14(18)8-11)20-16(25)10-19-13-5-3-4-12(9-13)17-21-22-23-24(17)2/h3-9,19H,10H2,1-2H3,(H,20,25). The van der Waals surface area contributed by atoms with Crippen molar-refractivity contribution in [3.63, 3.8) is 0 Å². The van der Waals surface area contributed by atoms with E-state index in [2.05, 4.69) is 26.2 Å². The Hall–Kier alpha value is -2.93. The van der Waals surface area contributed by atoms with Crippen molar-refractivity contribution in [1.82, 2.24) is 20.2 Å². The summed E-state index contributed by atoms with van der Waals surface area (Å²) >= 11 is 6.13. The Morgan fingerprint density at radius 2 is 2.08 bits per heavy atom. The summed E-state index contributed by atoms with van der Waals surface area (Å²) in [6, 6.07) is 13.0. The molecule has 128 valence electrons. The maximum atomic E-state index is 12.1. The number of tetrazole rings is 1. The van der Waals surface area contributed by atoms with Crippen LogP contribution in [0.4, 0.5) is 11.4 Å². The highest BCUT2D eigenvalue weighted by atomic mass is 35.5. The van der Waals surface area contributed by atoms with Gasteiger partial charge in [-0.1, -0.05) is 29.8 Å². The van der Waals surface area contributed by atoms with Crippen molar-refractivity contribution < 1.29 is 4.79 Å². The zero-order chi connectivity index (χ0) is 17.8. The van der Waals surface area contributed by atoms with Crippen LogP contribution in [-0.2, 0) is 11.8 Å². The second-order valence-electron chi connectivity index (χ2n) is 5.59. The van der Waals surface area contributed by atoms with E-state index in [1.807, 2.05) is 43.3 Å². The molecule has 2 N–H and O–H groups in total. The van der Waals surface area contributed by atoms with Gasteiger partial charge in [-0.2, -0.15) is 0 Å². The highest BCUT2D eigenvalue weighted by molar-refractivity contribution is 6.33. The predicted molar refractivity (Wildman–Crippen MR) is 97.5 cm³/mol. The molecule has 3 aromatic rings. The number of carbonyl (C=O) groups excluding carboxylic acids is 1. The third-order valence-electron chi connectivity index (χ3n) is 3.59. The molecule has 1 heterocycles. The maximum absolute atomic E-state index is 12.1. The van der Waals surface area contributed by atoms with Crippen molar-refractivity contribution in [2.75, 3.05) is 17.2 Å². The van der Waals surface area contributed by atoms with Crippen LogP contribution in [0.5, 0.6) is 0 Å². The van der Waals surface area contributed by atoms with Gasteiger partial charge in [0.25, 0.3) is 0 Å². The highest BCUT2D eigenvalue weighted by Crippen LogP contribution is 2.23. The molecule has 0 unspecified atom stereocenters. The third-order valence-corrected chi connectivity index (χ3v) is 3.91. The topological polar surface area (TPSA) is 84.7 Å². The molecule has 0 bridgehead atoms. The Morgan fingerprint density at radius 1 is 1.24 bits per heavy atom. The summed E-state index contributed by atoms with van der Waals surface area (Å²) in [5.74, 6) is 0.469. The summed E-state index contributed by atoms with van der Waals surface area (Å²) < 4.78 is 1.59. The van der Waals surface area contributed by atoms with Crippen molar-refractivity contribution in [2.45, 2.75) is 6.92 Å². The monoisotopic (exact) mass is 356 g/mol. The largest absolute Gasteiger partial charge is 0.376 e. The number of benzene rings is 2. The number of amides is 1. The van der Waals surface area contributed by atoms with Gasteiger partial charge >= 0.3 is 0 Å². The van der Waals surface area contributed by atoms with E-state index in [9.17, 15) is 4.79 Å². The highest BCUT2D eigenvalue weighted by Gasteiger charge is 2.08. The predicted octanol–water partition coefficient (Wildman–Crippen LogP) is 2.89. The van der Waals surface area contributed by atoms with Crippen LogP contribution in [0.2, 0.25) is 5.02 Å². The normalized spacial score (nSPS) is 10.5. The molecule has 25 heavy (non-hydrogen) atoms. The summed E-state index contributed by atoms with van der Waals surface area (Å²) in [7, 11) is 1.77. The van der Waals surface area contributed by atoms with Crippen LogP contribution in [0.15, 0.2) is 42.5 Å². The van der Waals surface area contributed by atoms with Crippen molar-refractivity contribution in [1.29, 1.82) is 0 Å². The van der Waals surface area contributed by atoms with E-state index in [0.29, 0.717) is 16.5 Å². The zero-order valence-corrected chi connectivity index (χ0v) is 14.6. The molecule has 1 amide bonds. The molecule has 0 fully saturated rings. The molecule has 8 heteroatoms. The van der Waals surface area contributed by atoms with E-state index < -0.39 is 0 Å². The van der Waals surface area contributed by atoms with Gasteiger partial charge in [-0.15, -0.1) is 5.10 Å². The number of halogens is 1. The molecule has 1 aromatic heterocycles. The first kappa shape index (κ1) is 16.9. The summed E-state index contributed by atoms with van der Waals surface area (Å²) in [5.41, 5.74) is 3.29. The Balaban J connectivity index is 1.63. The second-order valence-corrected chi connectivity index (χ2v) is 6.00. The van der Waals surface area contributed by atoms with Gasteiger partial charge in [0.2, 0.25) is 5.91 Å². The number of aromatic nitrogens is 4. The van der Waals surface area contributed by atoms with Crippen LogP contribution in [0.3, 0.4) is 0 Å². The smallest absolute Gasteiger partial charge is 0.243 e. The Kier molecular flexibility index (Phi) is 4.95. The van der Waals surface area contributed by atoms with Gasteiger partial charge < -0.3 is 10.6 Å². The van der Waals surface area contributed by atoms with E-state index in [0.717, 1.165) is 16.8 Å². The fourth-order valence-electron chi connectivity index (χ4n) is 2.34. The molecule has 0 aliphatic carbocycles. The van der Waals surface area contributed by atoms with Crippen molar-refractivity contribution in [3.05, 3.63) is 53.1 Å². The van der Waals surface area contributed by atoms with Gasteiger partial charge in [0.1, 0.15) is 0 Å². The van der Waals surface area contributed by atoms with Gasteiger partial charge in [-0.25, -0.2) is 4.68 Å². The summed E-state index contributed by atoms with van der Waals surface area (Å²) in [4.78, 5) is 12.1. The minimum Gasteiger partial charge on any atom is -0.376 e. The van der Waals surface area contributed by atoms with Gasteiger partial charge in [0.05, 0.1) is 17.3 Å². The fourth-order valence-corrected chi connectivity index (χ4v) is 2.62. The number of anilines is 2. The van der Waals surface area contributed by atoms with Crippen LogP contribution in [0, 0.1) is 6.92 Å². The van der Waals surface area contributed by atoms with Crippen LogP contribution < -0.4 is 10.6 Å². The molecule has 0 radical (unpaired) electrons. The molecule has 0 atom stereocenters. The number of rotatable bonds is 5. The molecule has 0 spiro atoms. The summed E-state index contributed by atoms with van der Waals surface area (Å²) in [5, 5.41) is 17.8. The zero-order valence-electron chi connectivity index (χ0n) is 13.8. The lowest BCUT2D eigenvalue weighted by molar-refractivity contribution is -0.114. The number of hydrogen-bond acceptors (Lipinski definition) is 5. The number of nitrogens with one attached hydrogen (secondary N) is 2. The van der Waals surface area contributed by atoms with Crippen molar-refractivity contribution >= 4 is 28.9 Å². The molecule has 0 aliphatic rings. The van der Waals surface area contributed by atoms with Gasteiger partial charge in [0, 0.05) is 18.3 Å². The van der Waals surface area contributed by atoms with E-state index in [-0.39, 0.29) is 12.5 Å². The van der Waals surface area contributed by atoms with Gasteiger partial charge in [0.15, 0.2) is 5.82 Å². The van der Waals surface area contributed by atoms with Crippen LogP contribution >= 0.6 is 11.6 Å². The lowest BCUT2D eigenvalue weighted by atomic mass is 10.2. The molecule has 2 aromatic carbocycles. The maximum Gasteiger partial charge on any atom is 0.243 e. The Labute approximate surface area is 150 Å². The van der Waals surface area contributed by atoms with E-state index >= 15 is 0 Å². The average molecular weight is 357 g/mol. The quantitative estimate of drug-likeness (QED) is 0.734. The lowest BCUT2D eigenvalue weighted by Gasteiger charge is -2.10. The number of hydrogen-bond donors (Lipinski definition) is 2. The SMILES string of the molecule is Cc1ccc(NC(=O)CNc2cccc(-c3nnnn3C)c2)c(Cl)c1. The fraction of sp³-hybridized carbons (Fsp3) is 0.176. The number of carbonyl (C=O) groups is 1. The molecule has 0 aliphatic heterocycles. The molecular formula is C17H17ClN6O. The molecule has 0 saturated carbocycles. The van der Waals surface area contributed by atoms with Gasteiger partial charge in [-0.05, 0) is 47.2 Å². The minimum absolute atomic E-state index is 0.116. The third kappa shape index (κ3) is 4.13. The molecule has 3 rings (SSSR count).